The largest absolute Gasteiger partial charge is 0.444 e. The first-order valence-corrected chi connectivity index (χ1v) is 10.3. The number of nitrogens with one attached hydrogen (secondary N) is 1. The summed E-state index contributed by atoms with van der Waals surface area (Å²) in [5, 5.41) is 5.08. The molecule has 1 aliphatic heterocycles. The molecule has 1 aliphatic rings. The van der Waals surface area contributed by atoms with E-state index < -0.39 is 17.7 Å². The fourth-order valence-electron chi connectivity index (χ4n) is 3.05. The summed E-state index contributed by atoms with van der Waals surface area (Å²) in [7, 11) is 0. The maximum Gasteiger partial charge on any atom is 0.408 e. The number of rotatable bonds is 3. The fraction of sp³-hybridized carbons (Fsp3) is 0.429. The van der Waals surface area contributed by atoms with Crippen molar-refractivity contribution in [3.8, 4) is 0 Å². The summed E-state index contributed by atoms with van der Waals surface area (Å²) in [4.78, 5) is 26.9. The molecule has 2 aromatic rings. The molecule has 27 heavy (non-hydrogen) atoms. The Morgan fingerprint density at radius 3 is 2.70 bits per heavy atom. The van der Waals surface area contributed by atoms with Crippen LogP contribution in [0.15, 0.2) is 42.5 Å². The summed E-state index contributed by atoms with van der Waals surface area (Å²) in [6, 6.07) is 13.9. The molecule has 1 saturated heterocycles. The van der Waals surface area contributed by atoms with Crippen molar-refractivity contribution in [2.75, 3.05) is 18.1 Å². The van der Waals surface area contributed by atoms with Gasteiger partial charge in [-0.1, -0.05) is 36.4 Å². The summed E-state index contributed by atoms with van der Waals surface area (Å²) < 4.78 is 5.30. The third-order valence-electron chi connectivity index (χ3n) is 4.28. The maximum atomic E-state index is 13.0. The van der Waals surface area contributed by atoms with Crippen LogP contribution in [0.2, 0.25) is 0 Å². The van der Waals surface area contributed by atoms with Crippen LogP contribution < -0.4 is 5.32 Å². The second-order valence-electron chi connectivity index (χ2n) is 7.72. The highest BCUT2D eigenvalue weighted by molar-refractivity contribution is 7.99. The Balaban J connectivity index is 1.70. The minimum Gasteiger partial charge on any atom is -0.444 e. The molecule has 1 N–H and O–H groups in total. The summed E-state index contributed by atoms with van der Waals surface area (Å²) in [6.45, 7) is 6.63. The van der Waals surface area contributed by atoms with E-state index in [1.165, 1.54) is 5.39 Å². The van der Waals surface area contributed by atoms with E-state index >= 15 is 0 Å². The predicted octanol–water partition coefficient (Wildman–Crippen LogP) is 3.81. The van der Waals surface area contributed by atoms with Crippen molar-refractivity contribution in [3.63, 3.8) is 0 Å². The van der Waals surface area contributed by atoms with Gasteiger partial charge in [0.15, 0.2) is 0 Å². The molecule has 0 radical (unpaired) electrons. The number of thioether (sulfide) groups is 1. The smallest absolute Gasteiger partial charge is 0.408 e. The highest BCUT2D eigenvalue weighted by atomic mass is 32.2. The molecule has 6 heteroatoms. The van der Waals surface area contributed by atoms with Crippen LogP contribution in [0.5, 0.6) is 0 Å². The third-order valence-corrected chi connectivity index (χ3v) is 5.32. The average molecular weight is 387 g/mol. The number of fused-ring (bicyclic) bond motifs is 1. The molecule has 0 aliphatic carbocycles. The molecule has 1 atom stereocenters. The lowest BCUT2D eigenvalue weighted by molar-refractivity contribution is -0.133. The van der Waals surface area contributed by atoms with Gasteiger partial charge in [-0.25, -0.2) is 4.79 Å². The SMILES string of the molecule is CC(C)(C)OC(=O)NC1CSCCN(Cc2ccc3ccccc3c2)C1=O. The third kappa shape index (κ3) is 5.39. The van der Waals surface area contributed by atoms with Crippen LogP contribution >= 0.6 is 11.8 Å². The Bertz CT molecular complexity index is 832. The Morgan fingerprint density at radius 2 is 1.96 bits per heavy atom. The molecule has 1 heterocycles. The first kappa shape index (κ1) is 19.5. The number of alkyl carbamates (subject to hydrolysis) is 1. The first-order chi connectivity index (χ1) is 12.8. The highest BCUT2D eigenvalue weighted by Gasteiger charge is 2.30. The van der Waals surface area contributed by atoms with Crippen LogP contribution in [0.1, 0.15) is 26.3 Å². The highest BCUT2D eigenvalue weighted by Crippen LogP contribution is 2.19. The van der Waals surface area contributed by atoms with Gasteiger partial charge in [-0.15, -0.1) is 0 Å². The number of ether oxygens (including phenoxy) is 1. The molecule has 0 spiro atoms. The van der Waals surface area contributed by atoms with Gasteiger partial charge in [0.2, 0.25) is 5.91 Å². The molecule has 0 saturated carbocycles. The lowest BCUT2D eigenvalue weighted by Gasteiger charge is -2.26. The van der Waals surface area contributed by atoms with Crippen molar-refractivity contribution in [3.05, 3.63) is 48.0 Å². The van der Waals surface area contributed by atoms with Crippen LogP contribution in [-0.4, -0.2) is 46.6 Å². The van der Waals surface area contributed by atoms with Crippen molar-refractivity contribution in [2.45, 2.75) is 39.0 Å². The lowest BCUT2D eigenvalue weighted by Crippen LogP contribution is -2.49. The Labute approximate surface area is 164 Å². The second kappa shape index (κ2) is 8.21. The molecule has 1 unspecified atom stereocenters. The zero-order valence-corrected chi connectivity index (χ0v) is 16.8. The maximum absolute atomic E-state index is 13.0. The van der Waals surface area contributed by atoms with Crippen molar-refractivity contribution >= 4 is 34.5 Å². The molecule has 0 bridgehead atoms. The zero-order chi connectivity index (χ0) is 19.4. The predicted molar refractivity (Wildman–Crippen MR) is 110 cm³/mol. The molecule has 144 valence electrons. The van der Waals surface area contributed by atoms with Gasteiger partial charge in [0.1, 0.15) is 11.6 Å². The normalized spacial score (nSPS) is 18.3. The lowest BCUT2D eigenvalue weighted by atomic mass is 10.1. The van der Waals surface area contributed by atoms with Crippen LogP contribution in [0.4, 0.5) is 4.79 Å². The Morgan fingerprint density at radius 1 is 1.22 bits per heavy atom. The van der Waals surface area contributed by atoms with Gasteiger partial charge in [0, 0.05) is 24.6 Å². The summed E-state index contributed by atoms with van der Waals surface area (Å²) >= 11 is 1.67. The van der Waals surface area contributed by atoms with E-state index in [2.05, 4.69) is 35.6 Å². The quantitative estimate of drug-likeness (QED) is 0.871. The van der Waals surface area contributed by atoms with Crippen LogP contribution in [0, 0.1) is 0 Å². The molecule has 2 amide bonds. The van der Waals surface area contributed by atoms with Crippen molar-refractivity contribution in [1.29, 1.82) is 0 Å². The van der Waals surface area contributed by atoms with Gasteiger partial charge in [-0.3, -0.25) is 4.79 Å². The van der Waals surface area contributed by atoms with Crippen molar-refractivity contribution in [1.82, 2.24) is 10.2 Å². The topological polar surface area (TPSA) is 58.6 Å². The van der Waals surface area contributed by atoms with Gasteiger partial charge >= 0.3 is 6.09 Å². The van der Waals surface area contributed by atoms with E-state index in [1.54, 1.807) is 11.8 Å². The minimum absolute atomic E-state index is 0.0565. The molecule has 5 nitrogen and oxygen atoms in total. The van der Waals surface area contributed by atoms with Gasteiger partial charge < -0.3 is 15.0 Å². The van der Waals surface area contributed by atoms with Crippen molar-refractivity contribution < 1.29 is 14.3 Å². The fourth-order valence-corrected chi connectivity index (χ4v) is 4.02. The standard InChI is InChI=1S/C21H26N2O3S/c1-21(2,3)26-20(25)22-18-14-27-11-10-23(19(18)24)13-15-8-9-16-6-4-5-7-17(16)12-15/h4-9,12,18H,10-11,13-14H2,1-3H3,(H,22,25). The number of nitrogens with zero attached hydrogens (tertiary/aromatic N) is 1. The number of benzene rings is 2. The number of hydrogen-bond acceptors (Lipinski definition) is 4. The number of carbonyl (C=O) groups excluding carboxylic acids is 2. The van der Waals surface area contributed by atoms with E-state index in [0.717, 1.165) is 16.7 Å². The zero-order valence-electron chi connectivity index (χ0n) is 16.0. The van der Waals surface area contributed by atoms with E-state index in [-0.39, 0.29) is 5.91 Å². The van der Waals surface area contributed by atoms with Gasteiger partial charge in [-0.2, -0.15) is 11.8 Å². The Kier molecular flexibility index (Phi) is 5.95. The van der Waals surface area contributed by atoms with Crippen LogP contribution in [0.25, 0.3) is 10.8 Å². The first-order valence-electron chi connectivity index (χ1n) is 9.15. The van der Waals surface area contributed by atoms with E-state index in [1.807, 2.05) is 37.8 Å². The van der Waals surface area contributed by atoms with E-state index in [0.29, 0.717) is 18.8 Å². The molecule has 1 fully saturated rings. The van der Waals surface area contributed by atoms with Crippen LogP contribution in [0.3, 0.4) is 0 Å². The van der Waals surface area contributed by atoms with Gasteiger partial charge in [-0.05, 0) is 43.2 Å². The van der Waals surface area contributed by atoms with Gasteiger partial charge in [0.05, 0.1) is 0 Å². The average Bonchev–Trinajstić information content (AvgIpc) is 2.76. The molecular formula is C21H26N2O3S. The number of carbonyl (C=O) groups is 2. The van der Waals surface area contributed by atoms with Gasteiger partial charge in [0.25, 0.3) is 0 Å². The summed E-state index contributed by atoms with van der Waals surface area (Å²) in [5.41, 5.74) is 0.500. The van der Waals surface area contributed by atoms with E-state index in [4.69, 9.17) is 4.74 Å². The van der Waals surface area contributed by atoms with Crippen molar-refractivity contribution in [2.24, 2.45) is 0 Å². The molecular weight excluding hydrogens is 360 g/mol. The molecule has 2 aromatic carbocycles. The number of amides is 2. The van der Waals surface area contributed by atoms with E-state index in [9.17, 15) is 9.59 Å². The number of hydrogen-bond donors (Lipinski definition) is 1. The summed E-state index contributed by atoms with van der Waals surface area (Å²) in [6.07, 6.45) is -0.547. The Hall–Kier alpha value is -2.21. The molecule has 0 aromatic heterocycles. The summed E-state index contributed by atoms with van der Waals surface area (Å²) in [5.74, 6) is 1.36. The second-order valence-corrected chi connectivity index (χ2v) is 8.86. The monoisotopic (exact) mass is 386 g/mol. The minimum atomic E-state index is -0.588. The molecule has 3 rings (SSSR count). The van der Waals surface area contributed by atoms with Crippen LogP contribution in [-0.2, 0) is 16.1 Å².